The second-order valence-corrected chi connectivity index (χ2v) is 4.57. The minimum atomic E-state index is -4.43. The van der Waals surface area contributed by atoms with Gasteiger partial charge in [-0.05, 0) is 43.3 Å². The summed E-state index contributed by atoms with van der Waals surface area (Å²) in [5, 5.41) is 4.81. The Morgan fingerprint density at radius 1 is 1.00 bits per heavy atom. The fourth-order valence-corrected chi connectivity index (χ4v) is 1.77. The molecule has 0 radical (unpaired) electrons. The van der Waals surface area contributed by atoms with Gasteiger partial charge in [0.1, 0.15) is 5.82 Å². The third-order valence-electron chi connectivity index (χ3n) is 2.99. The van der Waals surface area contributed by atoms with E-state index in [0.29, 0.717) is 0 Å². The molecular weight excluding hydrogens is 300 g/mol. The molecule has 0 atom stereocenters. The van der Waals surface area contributed by atoms with Crippen molar-refractivity contribution in [3.63, 3.8) is 0 Å². The fourth-order valence-electron chi connectivity index (χ4n) is 1.77. The fraction of sp³-hybridized carbons (Fsp3) is 0.133. The lowest BCUT2D eigenvalue weighted by molar-refractivity contribution is -0.137. The number of benzene rings is 2. The molecule has 2 rings (SSSR count). The number of alkyl halides is 3. The number of carbonyl (C=O) groups is 1. The third-order valence-corrected chi connectivity index (χ3v) is 2.99. The number of hydrogen-bond donors (Lipinski definition) is 2. The number of amides is 2. The van der Waals surface area contributed by atoms with Gasteiger partial charge < -0.3 is 10.6 Å². The molecule has 2 aromatic carbocycles. The number of anilines is 2. The number of halogens is 4. The molecule has 0 spiro atoms. The molecule has 0 saturated carbocycles. The summed E-state index contributed by atoms with van der Waals surface area (Å²) in [6, 6.07) is 7.55. The first-order valence-electron chi connectivity index (χ1n) is 6.28. The number of urea groups is 1. The molecule has 2 N–H and O–H groups in total. The van der Waals surface area contributed by atoms with E-state index >= 15 is 0 Å². The van der Waals surface area contributed by atoms with Crippen molar-refractivity contribution in [1.82, 2.24) is 0 Å². The van der Waals surface area contributed by atoms with E-state index in [9.17, 15) is 22.4 Å². The van der Waals surface area contributed by atoms with Gasteiger partial charge in [0.2, 0.25) is 0 Å². The number of nitrogens with one attached hydrogen (secondary N) is 2. The molecule has 2 amide bonds. The van der Waals surface area contributed by atoms with Crippen molar-refractivity contribution in [2.24, 2.45) is 0 Å². The van der Waals surface area contributed by atoms with Crippen LogP contribution < -0.4 is 10.6 Å². The highest BCUT2D eigenvalue weighted by molar-refractivity contribution is 6.00. The van der Waals surface area contributed by atoms with Crippen LogP contribution in [-0.4, -0.2) is 6.03 Å². The van der Waals surface area contributed by atoms with E-state index in [0.717, 1.165) is 24.3 Å². The lowest BCUT2D eigenvalue weighted by atomic mass is 10.2. The maximum atomic E-state index is 13.3. The molecule has 0 aliphatic carbocycles. The van der Waals surface area contributed by atoms with Crippen molar-refractivity contribution in [1.29, 1.82) is 0 Å². The van der Waals surface area contributed by atoms with Crippen LogP contribution in [0.1, 0.15) is 11.1 Å². The van der Waals surface area contributed by atoms with Gasteiger partial charge in [0.25, 0.3) is 0 Å². The summed E-state index contributed by atoms with van der Waals surface area (Å²) >= 11 is 0. The minimum Gasteiger partial charge on any atom is -0.308 e. The zero-order valence-electron chi connectivity index (χ0n) is 11.5. The smallest absolute Gasteiger partial charge is 0.308 e. The molecule has 116 valence electrons. The Balaban J connectivity index is 2.05. The average molecular weight is 312 g/mol. The summed E-state index contributed by atoms with van der Waals surface area (Å²) < 4.78 is 50.6. The van der Waals surface area contributed by atoms with Crippen molar-refractivity contribution in [2.75, 3.05) is 10.6 Å². The van der Waals surface area contributed by atoms with Crippen LogP contribution in [0.3, 0.4) is 0 Å². The third kappa shape index (κ3) is 3.75. The van der Waals surface area contributed by atoms with E-state index in [4.69, 9.17) is 0 Å². The molecule has 0 heterocycles. The van der Waals surface area contributed by atoms with E-state index in [1.54, 1.807) is 0 Å². The molecule has 0 bridgehead atoms. The number of hydrogen-bond acceptors (Lipinski definition) is 1. The number of rotatable bonds is 2. The monoisotopic (exact) mass is 312 g/mol. The predicted molar refractivity (Wildman–Crippen MR) is 75.2 cm³/mol. The van der Waals surface area contributed by atoms with Gasteiger partial charge in [-0.25, -0.2) is 9.18 Å². The van der Waals surface area contributed by atoms with E-state index in [-0.39, 0.29) is 16.9 Å². The Hall–Kier alpha value is -2.57. The quantitative estimate of drug-likeness (QED) is 0.769. The summed E-state index contributed by atoms with van der Waals surface area (Å²) in [4.78, 5) is 11.8. The minimum absolute atomic E-state index is 0.194. The maximum absolute atomic E-state index is 13.3. The SMILES string of the molecule is Cc1c(F)cccc1NC(=O)Nc1ccc(C(F)(F)F)cc1. The van der Waals surface area contributed by atoms with Gasteiger partial charge in [0.15, 0.2) is 0 Å². The van der Waals surface area contributed by atoms with Crippen molar-refractivity contribution < 1.29 is 22.4 Å². The first kappa shape index (κ1) is 15.8. The highest BCUT2D eigenvalue weighted by Gasteiger charge is 2.29. The van der Waals surface area contributed by atoms with Gasteiger partial charge in [-0.15, -0.1) is 0 Å². The van der Waals surface area contributed by atoms with Crippen LogP contribution in [0.2, 0.25) is 0 Å². The number of carbonyl (C=O) groups excluding carboxylic acids is 1. The van der Waals surface area contributed by atoms with Crippen LogP contribution in [0.4, 0.5) is 33.7 Å². The van der Waals surface area contributed by atoms with Crippen LogP contribution in [0.15, 0.2) is 42.5 Å². The van der Waals surface area contributed by atoms with Crippen molar-refractivity contribution in [2.45, 2.75) is 13.1 Å². The normalized spacial score (nSPS) is 11.1. The van der Waals surface area contributed by atoms with Gasteiger partial charge in [-0.3, -0.25) is 0 Å². The maximum Gasteiger partial charge on any atom is 0.416 e. The van der Waals surface area contributed by atoms with Gasteiger partial charge >= 0.3 is 12.2 Å². The van der Waals surface area contributed by atoms with Crippen LogP contribution in [0.5, 0.6) is 0 Å². The Bertz CT molecular complexity index is 681. The second kappa shape index (κ2) is 6.05. The summed E-state index contributed by atoms with van der Waals surface area (Å²) in [6.45, 7) is 1.50. The molecule has 0 aliphatic rings. The molecule has 3 nitrogen and oxygen atoms in total. The molecule has 0 aromatic heterocycles. The second-order valence-electron chi connectivity index (χ2n) is 4.57. The molecule has 22 heavy (non-hydrogen) atoms. The summed E-state index contributed by atoms with van der Waals surface area (Å²) in [5.41, 5.74) is -0.0616. The lowest BCUT2D eigenvalue weighted by Gasteiger charge is -2.11. The topological polar surface area (TPSA) is 41.1 Å². The Kier molecular flexibility index (Phi) is 4.35. The van der Waals surface area contributed by atoms with E-state index < -0.39 is 23.6 Å². The average Bonchev–Trinajstić information content (AvgIpc) is 2.43. The van der Waals surface area contributed by atoms with E-state index in [2.05, 4.69) is 10.6 Å². The molecular formula is C15H12F4N2O. The standard InChI is InChI=1S/C15H12F4N2O/c1-9-12(16)3-2-4-13(9)21-14(22)20-11-7-5-10(6-8-11)15(17,18)19/h2-8H,1H3,(H2,20,21,22). The predicted octanol–water partition coefficient (Wildman–Crippen LogP) is 4.80. The summed E-state index contributed by atoms with van der Waals surface area (Å²) in [6.07, 6.45) is -4.43. The lowest BCUT2D eigenvalue weighted by Crippen LogP contribution is -2.20. The first-order valence-corrected chi connectivity index (χ1v) is 6.28. The zero-order valence-corrected chi connectivity index (χ0v) is 11.5. The van der Waals surface area contributed by atoms with Crippen molar-refractivity contribution >= 4 is 17.4 Å². The molecule has 7 heteroatoms. The van der Waals surface area contributed by atoms with Crippen LogP contribution in [-0.2, 0) is 6.18 Å². The molecule has 0 aliphatic heterocycles. The Labute approximate surface area is 124 Å². The van der Waals surface area contributed by atoms with Crippen LogP contribution in [0, 0.1) is 12.7 Å². The van der Waals surface area contributed by atoms with Crippen molar-refractivity contribution in [3.05, 3.63) is 59.4 Å². The van der Waals surface area contributed by atoms with Gasteiger partial charge in [-0.1, -0.05) is 6.07 Å². The highest BCUT2D eigenvalue weighted by atomic mass is 19.4. The van der Waals surface area contributed by atoms with Gasteiger partial charge in [0, 0.05) is 16.9 Å². The summed E-state index contributed by atoms with van der Waals surface area (Å²) in [5.74, 6) is -0.465. The van der Waals surface area contributed by atoms with E-state index in [1.807, 2.05) is 0 Å². The van der Waals surface area contributed by atoms with Crippen LogP contribution in [0.25, 0.3) is 0 Å². The van der Waals surface area contributed by atoms with Gasteiger partial charge in [-0.2, -0.15) is 13.2 Å². The summed E-state index contributed by atoms with van der Waals surface area (Å²) in [7, 11) is 0. The zero-order chi connectivity index (χ0) is 16.3. The van der Waals surface area contributed by atoms with Crippen molar-refractivity contribution in [3.8, 4) is 0 Å². The highest BCUT2D eigenvalue weighted by Crippen LogP contribution is 2.29. The Morgan fingerprint density at radius 2 is 1.64 bits per heavy atom. The largest absolute Gasteiger partial charge is 0.416 e. The van der Waals surface area contributed by atoms with E-state index in [1.165, 1.54) is 25.1 Å². The molecule has 0 saturated heterocycles. The van der Waals surface area contributed by atoms with Gasteiger partial charge in [0.05, 0.1) is 5.56 Å². The first-order chi connectivity index (χ1) is 10.3. The Morgan fingerprint density at radius 3 is 2.23 bits per heavy atom. The molecule has 0 unspecified atom stereocenters. The van der Waals surface area contributed by atoms with Crippen LogP contribution >= 0.6 is 0 Å². The molecule has 0 fully saturated rings. The molecule has 2 aromatic rings.